The van der Waals surface area contributed by atoms with Gasteiger partial charge in [0.1, 0.15) is 6.61 Å². The molecule has 0 aliphatic carbocycles. The Labute approximate surface area is 176 Å². The SMILES string of the molecule is CC(=O)NCC1=Cc2ccccc2N(S(=O)(=O)C(=O)OCc2ccccc2)C1(C)C. The van der Waals surface area contributed by atoms with Crippen LogP contribution >= 0.6 is 0 Å². The van der Waals surface area contributed by atoms with Crippen LogP contribution in [0.5, 0.6) is 0 Å². The van der Waals surface area contributed by atoms with Crippen molar-refractivity contribution in [2.24, 2.45) is 0 Å². The van der Waals surface area contributed by atoms with E-state index in [1.807, 2.05) is 12.1 Å². The molecule has 0 radical (unpaired) electrons. The molecule has 30 heavy (non-hydrogen) atoms. The molecule has 0 atom stereocenters. The molecule has 0 fully saturated rings. The summed E-state index contributed by atoms with van der Waals surface area (Å²) in [6, 6.07) is 15.8. The quantitative estimate of drug-likeness (QED) is 0.736. The van der Waals surface area contributed by atoms with Crippen molar-refractivity contribution in [2.45, 2.75) is 32.9 Å². The molecule has 0 saturated carbocycles. The Bertz CT molecular complexity index is 1090. The highest BCUT2D eigenvalue weighted by atomic mass is 32.2. The Kier molecular flexibility index (Phi) is 5.98. The first-order chi connectivity index (χ1) is 14.1. The molecule has 3 rings (SSSR count). The van der Waals surface area contributed by atoms with Gasteiger partial charge in [0.2, 0.25) is 5.91 Å². The zero-order chi connectivity index (χ0) is 21.9. The minimum atomic E-state index is -4.51. The molecule has 1 aliphatic heterocycles. The standard InChI is InChI=1S/C22H24N2O5S/c1-16(25)23-14-19-13-18-11-7-8-12-20(18)24(22(19,2)3)30(27,28)21(26)29-15-17-9-5-4-6-10-17/h4-13H,14-15H2,1-3H3,(H,23,25). The average Bonchev–Trinajstić information content (AvgIpc) is 2.70. The van der Waals surface area contributed by atoms with Gasteiger partial charge in [-0.15, -0.1) is 0 Å². The molecule has 0 aromatic heterocycles. The van der Waals surface area contributed by atoms with Gasteiger partial charge < -0.3 is 10.1 Å². The predicted molar refractivity (Wildman–Crippen MR) is 115 cm³/mol. The van der Waals surface area contributed by atoms with Gasteiger partial charge in [0.05, 0.1) is 11.2 Å². The van der Waals surface area contributed by atoms with Crippen LogP contribution < -0.4 is 9.62 Å². The number of benzene rings is 2. The van der Waals surface area contributed by atoms with E-state index in [0.29, 0.717) is 22.4 Å². The maximum Gasteiger partial charge on any atom is 0.445 e. The van der Waals surface area contributed by atoms with Crippen LogP contribution in [0.2, 0.25) is 0 Å². The predicted octanol–water partition coefficient (Wildman–Crippen LogP) is 3.47. The second-order valence-electron chi connectivity index (χ2n) is 7.49. The normalized spacial score (nSPS) is 15.0. The maximum atomic E-state index is 13.3. The number of carbonyl (C=O) groups excluding carboxylic acids is 2. The van der Waals surface area contributed by atoms with Gasteiger partial charge >= 0.3 is 15.3 Å². The molecule has 0 spiro atoms. The van der Waals surface area contributed by atoms with Crippen molar-refractivity contribution in [1.82, 2.24) is 5.32 Å². The highest BCUT2D eigenvalue weighted by Gasteiger charge is 2.46. The number of nitrogens with zero attached hydrogens (tertiary/aromatic N) is 1. The van der Waals surface area contributed by atoms with Crippen molar-refractivity contribution >= 4 is 33.0 Å². The maximum absolute atomic E-state index is 13.3. The van der Waals surface area contributed by atoms with E-state index >= 15 is 0 Å². The summed E-state index contributed by atoms with van der Waals surface area (Å²) in [4.78, 5) is 24.1. The molecule has 158 valence electrons. The van der Waals surface area contributed by atoms with Crippen molar-refractivity contribution in [1.29, 1.82) is 0 Å². The van der Waals surface area contributed by atoms with Crippen molar-refractivity contribution in [3.8, 4) is 0 Å². The van der Waals surface area contributed by atoms with E-state index in [-0.39, 0.29) is 19.1 Å². The van der Waals surface area contributed by atoms with Crippen molar-refractivity contribution < 1.29 is 22.7 Å². The van der Waals surface area contributed by atoms with E-state index in [1.165, 1.54) is 6.92 Å². The molecule has 0 saturated heterocycles. The summed E-state index contributed by atoms with van der Waals surface area (Å²) in [7, 11) is -4.51. The number of amides is 1. The summed E-state index contributed by atoms with van der Waals surface area (Å²) < 4.78 is 32.8. The van der Waals surface area contributed by atoms with Gasteiger partial charge in [0.15, 0.2) is 0 Å². The Morgan fingerprint density at radius 2 is 1.67 bits per heavy atom. The number of fused-ring (bicyclic) bond motifs is 1. The molecule has 8 heteroatoms. The fourth-order valence-corrected chi connectivity index (χ4v) is 4.87. The largest absolute Gasteiger partial charge is 0.448 e. The molecular weight excluding hydrogens is 404 g/mol. The highest BCUT2D eigenvalue weighted by molar-refractivity contribution is 8.06. The van der Waals surface area contributed by atoms with E-state index in [4.69, 9.17) is 4.74 Å². The van der Waals surface area contributed by atoms with Gasteiger partial charge in [-0.05, 0) is 42.7 Å². The molecule has 1 aliphatic rings. The number of carbonyl (C=O) groups is 2. The van der Waals surface area contributed by atoms with E-state index in [1.54, 1.807) is 62.4 Å². The molecule has 7 nitrogen and oxygen atoms in total. The number of nitrogens with one attached hydrogen (secondary N) is 1. The molecular formula is C22H24N2O5S. The lowest BCUT2D eigenvalue weighted by atomic mass is 9.87. The Morgan fingerprint density at radius 1 is 1.03 bits per heavy atom. The Hall–Kier alpha value is -3.13. The topological polar surface area (TPSA) is 92.8 Å². The van der Waals surface area contributed by atoms with Crippen LogP contribution in [0.1, 0.15) is 31.9 Å². The van der Waals surface area contributed by atoms with Crippen molar-refractivity contribution in [2.75, 3.05) is 10.8 Å². The molecule has 2 aromatic rings. The van der Waals surface area contributed by atoms with Crippen molar-refractivity contribution in [3.63, 3.8) is 0 Å². The first kappa shape index (κ1) is 21.6. The van der Waals surface area contributed by atoms with Gasteiger partial charge in [-0.1, -0.05) is 48.5 Å². The molecule has 0 bridgehead atoms. The smallest absolute Gasteiger partial charge is 0.445 e. The van der Waals surface area contributed by atoms with Gasteiger partial charge in [-0.25, -0.2) is 4.79 Å². The van der Waals surface area contributed by atoms with Crippen LogP contribution in [0.3, 0.4) is 0 Å². The van der Waals surface area contributed by atoms with Crippen LogP contribution in [-0.4, -0.2) is 31.7 Å². The second-order valence-corrected chi connectivity index (χ2v) is 9.14. The monoisotopic (exact) mass is 428 g/mol. The second kappa shape index (κ2) is 8.31. The summed E-state index contributed by atoms with van der Waals surface area (Å²) in [5.41, 5.74) is 1.25. The van der Waals surface area contributed by atoms with Crippen LogP contribution in [0, 0.1) is 0 Å². The zero-order valence-corrected chi connectivity index (χ0v) is 17.9. The number of anilines is 1. The van der Waals surface area contributed by atoms with Crippen LogP contribution in [0.15, 0.2) is 60.2 Å². The average molecular weight is 429 g/mol. The molecule has 1 amide bonds. The minimum absolute atomic E-state index is 0.149. The van der Waals surface area contributed by atoms with Crippen LogP contribution in [-0.2, 0) is 26.2 Å². The third-order valence-electron chi connectivity index (χ3n) is 4.96. The summed E-state index contributed by atoms with van der Waals surface area (Å²) >= 11 is 0. The molecule has 1 N–H and O–H groups in total. The first-order valence-corrected chi connectivity index (χ1v) is 10.9. The van der Waals surface area contributed by atoms with E-state index in [0.717, 1.165) is 4.31 Å². The van der Waals surface area contributed by atoms with E-state index < -0.39 is 20.9 Å². The van der Waals surface area contributed by atoms with Gasteiger partial charge in [0.25, 0.3) is 0 Å². The van der Waals surface area contributed by atoms with E-state index in [2.05, 4.69) is 5.32 Å². The number of rotatable bonds is 5. The van der Waals surface area contributed by atoms with Crippen molar-refractivity contribution in [3.05, 3.63) is 71.3 Å². The highest BCUT2D eigenvalue weighted by Crippen LogP contribution is 2.41. The van der Waals surface area contributed by atoms with Crippen LogP contribution in [0.4, 0.5) is 10.5 Å². The lowest BCUT2D eigenvalue weighted by molar-refractivity contribution is -0.118. The number of para-hydroxylation sites is 1. The summed E-state index contributed by atoms with van der Waals surface area (Å²) in [6.45, 7) is 4.78. The number of hydrogen-bond acceptors (Lipinski definition) is 5. The van der Waals surface area contributed by atoms with E-state index in [9.17, 15) is 18.0 Å². The fraction of sp³-hybridized carbons (Fsp3) is 0.273. The summed E-state index contributed by atoms with van der Waals surface area (Å²) in [6.07, 6.45) is 1.84. The first-order valence-electron chi connectivity index (χ1n) is 9.44. The van der Waals surface area contributed by atoms with Gasteiger partial charge in [-0.3, -0.25) is 9.10 Å². The third kappa shape index (κ3) is 4.23. The lowest BCUT2D eigenvalue weighted by Crippen LogP contribution is -2.54. The Morgan fingerprint density at radius 3 is 2.33 bits per heavy atom. The lowest BCUT2D eigenvalue weighted by Gasteiger charge is -2.43. The summed E-state index contributed by atoms with van der Waals surface area (Å²) in [5.74, 6) is -0.234. The third-order valence-corrected chi connectivity index (χ3v) is 6.63. The number of hydrogen-bond donors (Lipinski definition) is 1. The van der Waals surface area contributed by atoms with Crippen LogP contribution in [0.25, 0.3) is 6.08 Å². The molecule has 0 unspecified atom stereocenters. The number of ether oxygens (including phenoxy) is 1. The summed E-state index contributed by atoms with van der Waals surface area (Å²) in [5, 5.41) is 1.38. The van der Waals surface area contributed by atoms with Gasteiger partial charge in [-0.2, -0.15) is 8.42 Å². The minimum Gasteiger partial charge on any atom is -0.448 e. The molecule has 2 aromatic carbocycles. The zero-order valence-electron chi connectivity index (χ0n) is 17.1. The molecule has 1 heterocycles. The Balaban J connectivity index is 1.96. The number of sulfonamides is 1. The fourth-order valence-electron chi connectivity index (χ4n) is 3.37. The van der Waals surface area contributed by atoms with Gasteiger partial charge in [0, 0.05) is 13.5 Å².